The molecule has 1 aromatic carbocycles. The summed E-state index contributed by atoms with van der Waals surface area (Å²) in [6.07, 6.45) is -1.75. The van der Waals surface area contributed by atoms with Crippen LogP contribution in [0.5, 0.6) is 5.75 Å². The Morgan fingerprint density at radius 3 is 2.53 bits per heavy atom. The van der Waals surface area contributed by atoms with E-state index in [2.05, 4.69) is 10.2 Å². The Morgan fingerprint density at radius 2 is 1.87 bits per heavy atom. The third-order valence-electron chi connectivity index (χ3n) is 4.30. The van der Waals surface area contributed by atoms with E-state index in [1.807, 2.05) is 30.3 Å². The van der Waals surface area contributed by atoms with Gasteiger partial charge >= 0.3 is 6.18 Å². The minimum atomic E-state index is -4.58. The number of rotatable bonds is 5. The highest BCUT2D eigenvalue weighted by Gasteiger charge is 2.34. The third kappa shape index (κ3) is 3.71. The van der Waals surface area contributed by atoms with Gasteiger partial charge in [0.2, 0.25) is 5.76 Å². The van der Waals surface area contributed by atoms with Crippen LogP contribution < -0.4 is 10.2 Å². The number of hydrogen-bond donors (Lipinski definition) is 0. The molecule has 0 aliphatic heterocycles. The Kier molecular flexibility index (Phi) is 4.90. The number of benzene rings is 1. The van der Waals surface area contributed by atoms with Crippen LogP contribution >= 0.6 is 0 Å². The molecule has 0 radical (unpaired) electrons. The lowest BCUT2D eigenvalue weighted by Crippen LogP contribution is -2.18. The second-order valence-electron chi connectivity index (χ2n) is 6.30. The van der Waals surface area contributed by atoms with Gasteiger partial charge in [-0.3, -0.25) is 9.48 Å². The molecule has 0 N–H and O–H groups in total. The Labute approximate surface area is 167 Å². The first-order valence-electron chi connectivity index (χ1n) is 8.78. The molecule has 0 bridgehead atoms. The van der Waals surface area contributed by atoms with Crippen molar-refractivity contribution in [1.29, 1.82) is 0 Å². The minimum absolute atomic E-state index is 0.0107. The van der Waals surface area contributed by atoms with Crippen molar-refractivity contribution < 1.29 is 22.3 Å². The Morgan fingerprint density at radius 1 is 1.10 bits per heavy atom. The lowest BCUT2D eigenvalue weighted by atomic mass is 10.2. The number of methoxy groups -OCH3 is 1. The topological polar surface area (TPSA) is 75.1 Å². The fourth-order valence-electron chi connectivity index (χ4n) is 2.94. The molecule has 0 saturated carbocycles. The summed E-state index contributed by atoms with van der Waals surface area (Å²) in [6.45, 7) is -0.126. The second-order valence-corrected chi connectivity index (χ2v) is 6.30. The van der Waals surface area contributed by atoms with E-state index >= 15 is 0 Å². The summed E-state index contributed by atoms with van der Waals surface area (Å²) in [4.78, 5) is 12.8. The molecular weight excluding hydrogens is 401 g/mol. The van der Waals surface area contributed by atoms with Crippen LogP contribution in [0.15, 0.2) is 70.1 Å². The SMILES string of the molecule is COc1cn(Cc2ccc(C(F)(F)F)o2)nc(-c2ccnn2-c2ccccc2)c1=O. The average Bonchev–Trinajstić information content (AvgIpc) is 3.39. The van der Waals surface area contributed by atoms with E-state index in [0.29, 0.717) is 11.4 Å². The smallest absolute Gasteiger partial charge is 0.449 e. The molecule has 3 aromatic heterocycles. The summed E-state index contributed by atoms with van der Waals surface area (Å²) in [5.74, 6) is -1.08. The van der Waals surface area contributed by atoms with Crippen LogP contribution in [-0.4, -0.2) is 26.7 Å². The van der Waals surface area contributed by atoms with E-state index < -0.39 is 17.4 Å². The number of hydrogen-bond acceptors (Lipinski definition) is 5. The van der Waals surface area contributed by atoms with Gasteiger partial charge in [-0.15, -0.1) is 0 Å². The highest BCUT2D eigenvalue weighted by atomic mass is 19.4. The molecule has 0 fully saturated rings. The van der Waals surface area contributed by atoms with Gasteiger partial charge in [0.05, 0.1) is 37.4 Å². The van der Waals surface area contributed by atoms with Crippen LogP contribution in [-0.2, 0) is 12.7 Å². The van der Waals surface area contributed by atoms with E-state index in [-0.39, 0.29) is 23.7 Å². The van der Waals surface area contributed by atoms with Crippen molar-refractivity contribution in [2.45, 2.75) is 12.7 Å². The van der Waals surface area contributed by atoms with Crippen LogP contribution in [0.1, 0.15) is 11.5 Å². The minimum Gasteiger partial charge on any atom is -0.491 e. The predicted octanol–water partition coefficient (Wildman–Crippen LogP) is 3.76. The fraction of sp³-hybridized carbons (Fsp3) is 0.150. The van der Waals surface area contributed by atoms with E-state index in [1.54, 1.807) is 10.7 Å². The van der Waals surface area contributed by atoms with Crippen LogP contribution in [0.2, 0.25) is 0 Å². The van der Waals surface area contributed by atoms with Gasteiger partial charge in [-0.25, -0.2) is 4.68 Å². The molecular formula is C20H15F3N4O3. The maximum absolute atomic E-state index is 12.8. The summed E-state index contributed by atoms with van der Waals surface area (Å²) < 4.78 is 51.2. The summed E-state index contributed by atoms with van der Waals surface area (Å²) >= 11 is 0. The largest absolute Gasteiger partial charge is 0.491 e. The summed E-state index contributed by atoms with van der Waals surface area (Å²) in [5, 5.41) is 8.55. The quantitative estimate of drug-likeness (QED) is 0.495. The maximum Gasteiger partial charge on any atom is 0.449 e. The lowest BCUT2D eigenvalue weighted by Gasteiger charge is -2.11. The molecule has 0 aliphatic rings. The highest BCUT2D eigenvalue weighted by molar-refractivity contribution is 5.58. The first kappa shape index (κ1) is 19.5. The monoisotopic (exact) mass is 416 g/mol. The Hall–Kier alpha value is -3.82. The molecule has 154 valence electrons. The van der Waals surface area contributed by atoms with Crippen LogP contribution in [0.25, 0.3) is 17.1 Å². The predicted molar refractivity (Wildman–Crippen MR) is 100 cm³/mol. The van der Waals surface area contributed by atoms with Gasteiger partial charge < -0.3 is 9.15 Å². The molecule has 0 saturated heterocycles. The van der Waals surface area contributed by atoms with E-state index in [9.17, 15) is 18.0 Å². The van der Waals surface area contributed by atoms with E-state index in [4.69, 9.17) is 9.15 Å². The molecule has 4 aromatic rings. The van der Waals surface area contributed by atoms with Crippen LogP contribution in [0.3, 0.4) is 0 Å². The molecule has 10 heteroatoms. The zero-order valence-corrected chi connectivity index (χ0v) is 15.6. The molecule has 0 aliphatic carbocycles. The standard InChI is InChI=1S/C20H15F3N4O3/c1-29-16-12-26(11-14-7-8-17(30-14)20(21,22)23)25-18(19(16)28)15-9-10-24-27(15)13-5-3-2-4-6-13/h2-10,12H,11H2,1H3. The van der Waals surface area contributed by atoms with Gasteiger partial charge in [0.1, 0.15) is 5.76 Å². The van der Waals surface area contributed by atoms with Gasteiger partial charge in [0.15, 0.2) is 11.4 Å². The zero-order chi connectivity index (χ0) is 21.3. The molecule has 0 amide bonds. The lowest BCUT2D eigenvalue weighted by molar-refractivity contribution is -0.153. The van der Waals surface area contributed by atoms with Crippen molar-refractivity contribution in [3.63, 3.8) is 0 Å². The van der Waals surface area contributed by atoms with Gasteiger partial charge in [-0.05, 0) is 30.3 Å². The number of ether oxygens (including phenoxy) is 1. The van der Waals surface area contributed by atoms with Crippen molar-refractivity contribution >= 4 is 0 Å². The number of nitrogens with zero attached hydrogens (tertiary/aromatic N) is 4. The number of para-hydroxylation sites is 1. The molecule has 0 spiro atoms. The van der Waals surface area contributed by atoms with Crippen molar-refractivity contribution in [1.82, 2.24) is 19.6 Å². The summed E-state index contributed by atoms with van der Waals surface area (Å²) in [7, 11) is 1.33. The Bertz CT molecular complexity index is 1230. The van der Waals surface area contributed by atoms with Crippen molar-refractivity contribution in [3.8, 4) is 22.8 Å². The normalized spacial score (nSPS) is 11.6. The molecule has 4 rings (SSSR count). The Balaban J connectivity index is 1.77. The first-order chi connectivity index (χ1) is 14.4. The average molecular weight is 416 g/mol. The fourth-order valence-corrected chi connectivity index (χ4v) is 2.94. The van der Waals surface area contributed by atoms with Gasteiger partial charge in [-0.2, -0.15) is 23.4 Å². The molecule has 30 heavy (non-hydrogen) atoms. The van der Waals surface area contributed by atoms with Gasteiger partial charge in [0.25, 0.3) is 5.43 Å². The zero-order valence-electron chi connectivity index (χ0n) is 15.6. The van der Waals surface area contributed by atoms with Crippen molar-refractivity contribution in [2.75, 3.05) is 7.11 Å². The summed E-state index contributed by atoms with van der Waals surface area (Å²) in [6, 6.07) is 12.8. The highest BCUT2D eigenvalue weighted by Crippen LogP contribution is 2.30. The van der Waals surface area contributed by atoms with Gasteiger partial charge in [0, 0.05) is 0 Å². The number of aromatic nitrogens is 4. The third-order valence-corrected chi connectivity index (χ3v) is 4.30. The first-order valence-corrected chi connectivity index (χ1v) is 8.78. The number of alkyl halides is 3. The molecule has 0 unspecified atom stereocenters. The van der Waals surface area contributed by atoms with Crippen LogP contribution in [0, 0.1) is 0 Å². The summed E-state index contributed by atoms with van der Waals surface area (Å²) in [5.41, 5.74) is 0.698. The van der Waals surface area contributed by atoms with Crippen LogP contribution in [0.4, 0.5) is 13.2 Å². The van der Waals surface area contributed by atoms with Gasteiger partial charge in [-0.1, -0.05) is 18.2 Å². The van der Waals surface area contributed by atoms with Crippen molar-refractivity contribution in [2.24, 2.45) is 0 Å². The molecule has 3 heterocycles. The van der Waals surface area contributed by atoms with E-state index in [1.165, 1.54) is 30.3 Å². The number of furan rings is 1. The second kappa shape index (κ2) is 7.54. The maximum atomic E-state index is 12.8. The van der Waals surface area contributed by atoms with E-state index in [0.717, 1.165) is 6.07 Å². The molecule has 7 nitrogen and oxygen atoms in total. The van der Waals surface area contributed by atoms with Crippen molar-refractivity contribution in [3.05, 3.63) is 82.7 Å². The molecule has 0 atom stereocenters. The number of halogens is 3.